The van der Waals surface area contributed by atoms with Crippen molar-refractivity contribution in [3.8, 4) is 5.75 Å². The Bertz CT molecular complexity index is 473. The van der Waals surface area contributed by atoms with Gasteiger partial charge in [-0.2, -0.15) is 0 Å². The molecule has 14 heavy (non-hydrogen) atoms. The Hall–Kier alpha value is -1.59. The van der Waals surface area contributed by atoms with Gasteiger partial charge in [-0.1, -0.05) is 12.1 Å². The van der Waals surface area contributed by atoms with Crippen molar-refractivity contribution in [2.24, 2.45) is 0 Å². The molecular weight excluding hydrogens is 181 g/mol. The van der Waals surface area contributed by atoms with E-state index in [2.05, 4.69) is 4.98 Å². The van der Waals surface area contributed by atoms with Crippen molar-refractivity contribution in [1.82, 2.24) is 4.98 Å². The third kappa shape index (κ3) is 1.32. The van der Waals surface area contributed by atoms with Gasteiger partial charge < -0.3 is 15.2 Å². The maximum atomic E-state index is 9.67. The van der Waals surface area contributed by atoms with Crippen LogP contribution in [0.1, 0.15) is 0 Å². The summed E-state index contributed by atoms with van der Waals surface area (Å²) in [6.07, 6.45) is 3.14. The number of hydrogen-bond donors (Lipinski definition) is 3. The molecule has 0 unspecified atom stereocenters. The number of phenols is 1. The summed E-state index contributed by atoms with van der Waals surface area (Å²) in [7, 11) is -1.66. The monoisotopic (exact) mass is 189 g/mol. The van der Waals surface area contributed by atoms with E-state index < -0.39 is 7.12 Å². The molecule has 0 spiro atoms. The predicted octanol–water partition coefficient (Wildman–Crippen LogP) is -0.380. The van der Waals surface area contributed by atoms with Crippen LogP contribution in [0.2, 0.25) is 0 Å². The zero-order chi connectivity index (χ0) is 10.1. The highest BCUT2D eigenvalue weighted by Crippen LogP contribution is 2.21. The molecule has 1 aromatic heterocycles. The number of pyridine rings is 1. The number of aromatic hydroxyl groups is 1. The van der Waals surface area contributed by atoms with Gasteiger partial charge in [0, 0.05) is 28.6 Å². The zero-order valence-electron chi connectivity index (χ0n) is 7.25. The smallest absolute Gasteiger partial charge is 0.492 e. The lowest BCUT2D eigenvalue weighted by Crippen LogP contribution is -2.29. The van der Waals surface area contributed by atoms with Gasteiger partial charge in [0.05, 0.1) is 0 Å². The van der Waals surface area contributed by atoms with Crippen molar-refractivity contribution in [2.75, 3.05) is 0 Å². The second-order valence-corrected chi connectivity index (χ2v) is 2.97. The van der Waals surface area contributed by atoms with Crippen molar-refractivity contribution < 1.29 is 15.2 Å². The van der Waals surface area contributed by atoms with E-state index in [1.165, 1.54) is 12.3 Å². The van der Waals surface area contributed by atoms with E-state index in [0.717, 1.165) is 5.39 Å². The van der Waals surface area contributed by atoms with Crippen LogP contribution in [0, 0.1) is 0 Å². The average Bonchev–Trinajstić information content (AvgIpc) is 2.18. The first kappa shape index (κ1) is 8.99. The first-order valence-electron chi connectivity index (χ1n) is 4.12. The van der Waals surface area contributed by atoms with E-state index in [1.807, 2.05) is 0 Å². The minimum absolute atomic E-state index is 0.101. The minimum Gasteiger partial charge on any atom is -0.508 e. The molecule has 70 valence electrons. The van der Waals surface area contributed by atoms with Gasteiger partial charge in [-0.3, -0.25) is 4.98 Å². The second-order valence-electron chi connectivity index (χ2n) is 2.97. The second kappa shape index (κ2) is 3.28. The molecule has 0 fully saturated rings. The van der Waals surface area contributed by atoms with Crippen molar-refractivity contribution in [2.45, 2.75) is 0 Å². The maximum absolute atomic E-state index is 9.67. The number of fused-ring (bicyclic) bond motifs is 1. The standard InChI is InChI=1S/C9H8BNO3/c12-9-7-3-4-11-5-6(7)1-2-8(9)10(13)14/h1-5,12-14H. The quantitative estimate of drug-likeness (QED) is 0.534. The molecule has 0 radical (unpaired) electrons. The van der Waals surface area contributed by atoms with Crippen LogP contribution >= 0.6 is 0 Å². The molecule has 0 aliphatic heterocycles. The first-order chi connectivity index (χ1) is 6.70. The molecule has 5 heteroatoms. The van der Waals surface area contributed by atoms with Crippen LogP contribution in [0.4, 0.5) is 0 Å². The fraction of sp³-hybridized carbons (Fsp3) is 0. The molecule has 0 amide bonds. The SMILES string of the molecule is OB(O)c1ccc2cnccc2c1O. The van der Waals surface area contributed by atoms with Crippen LogP contribution in [0.25, 0.3) is 10.8 Å². The number of nitrogens with zero attached hydrogens (tertiary/aromatic N) is 1. The van der Waals surface area contributed by atoms with Crippen LogP contribution in [0.5, 0.6) is 5.75 Å². The molecule has 1 aromatic carbocycles. The first-order valence-corrected chi connectivity index (χ1v) is 4.12. The molecule has 0 aliphatic rings. The summed E-state index contributed by atoms with van der Waals surface area (Å²) in [6.45, 7) is 0. The molecule has 0 atom stereocenters. The topological polar surface area (TPSA) is 73.6 Å². The molecule has 0 saturated heterocycles. The summed E-state index contributed by atoms with van der Waals surface area (Å²) in [4.78, 5) is 3.89. The summed E-state index contributed by atoms with van der Waals surface area (Å²) in [5.41, 5.74) is 0.101. The summed E-state index contributed by atoms with van der Waals surface area (Å²) in [6, 6.07) is 4.76. The third-order valence-electron chi connectivity index (χ3n) is 2.10. The number of benzene rings is 1. The predicted molar refractivity (Wildman–Crippen MR) is 53.2 cm³/mol. The van der Waals surface area contributed by atoms with Crippen molar-refractivity contribution in [3.63, 3.8) is 0 Å². The Morgan fingerprint density at radius 1 is 1.14 bits per heavy atom. The fourth-order valence-electron chi connectivity index (χ4n) is 1.38. The molecule has 4 nitrogen and oxygen atoms in total. The van der Waals surface area contributed by atoms with E-state index in [1.54, 1.807) is 18.3 Å². The maximum Gasteiger partial charge on any atom is 0.492 e. The molecule has 0 bridgehead atoms. The average molecular weight is 189 g/mol. The Labute approximate surface area is 80.6 Å². The normalized spacial score (nSPS) is 10.4. The lowest BCUT2D eigenvalue weighted by atomic mass is 9.78. The van der Waals surface area contributed by atoms with E-state index in [-0.39, 0.29) is 11.2 Å². The van der Waals surface area contributed by atoms with Gasteiger partial charge in [-0.05, 0) is 6.07 Å². The summed E-state index contributed by atoms with van der Waals surface area (Å²) >= 11 is 0. The van der Waals surface area contributed by atoms with Crippen LogP contribution in [-0.4, -0.2) is 27.3 Å². The van der Waals surface area contributed by atoms with Gasteiger partial charge in [-0.25, -0.2) is 0 Å². The molecule has 1 heterocycles. The number of aromatic nitrogens is 1. The van der Waals surface area contributed by atoms with Crippen LogP contribution in [-0.2, 0) is 0 Å². The van der Waals surface area contributed by atoms with Gasteiger partial charge in [-0.15, -0.1) is 0 Å². The van der Waals surface area contributed by atoms with Gasteiger partial charge in [0.2, 0.25) is 0 Å². The van der Waals surface area contributed by atoms with Crippen molar-refractivity contribution in [1.29, 1.82) is 0 Å². The Balaban J connectivity index is 2.75. The highest BCUT2D eigenvalue weighted by Gasteiger charge is 2.17. The van der Waals surface area contributed by atoms with Gasteiger partial charge in [0.1, 0.15) is 5.75 Å². The third-order valence-corrected chi connectivity index (χ3v) is 2.10. The van der Waals surface area contributed by atoms with E-state index in [0.29, 0.717) is 5.39 Å². The van der Waals surface area contributed by atoms with Gasteiger partial charge >= 0.3 is 7.12 Å². The van der Waals surface area contributed by atoms with Crippen molar-refractivity contribution in [3.05, 3.63) is 30.6 Å². The molecule has 2 rings (SSSR count). The molecule has 2 aromatic rings. The largest absolute Gasteiger partial charge is 0.508 e. The summed E-state index contributed by atoms with van der Waals surface area (Å²) < 4.78 is 0. The number of hydrogen-bond acceptors (Lipinski definition) is 4. The number of rotatable bonds is 1. The van der Waals surface area contributed by atoms with E-state index >= 15 is 0 Å². The lowest BCUT2D eigenvalue weighted by molar-refractivity contribution is 0.420. The lowest BCUT2D eigenvalue weighted by Gasteiger charge is -2.05. The molecule has 0 aliphatic carbocycles. The van der Waals surface area contributed by atoms with Crippen LogP contribution in [0.3, 0.4) is 0 Å². The van der Waals surface area contributed by atoms with E-state index in [4.69, 9.17) is 10.0 Å². The van der Waals surface area contributed by atoms with Gasteiger partial charge in [0.25, 0.3) is 0 Å². The molecular formula is C9H8BNO3. The van der Waals surface area contributed by atoms with Gasteiger partial charge in [0.15, 0.2) is 0 Å². The fourth-order valence-corrected chi connectivity index (χ4v) is 1.38. The number of phenolic OH excluding ortho intramolecular Hbond substituents is 1. The minimum atomic E-state index is -1.66. The van der Waals surface area contributed by atoms with Crippen molar-refractivity contribution >= 4 is 23.4 Å². The Morgan fingerprint density at radius 3 is 2.64 bits per heavy atom. The van der Waals surface area contributed by atoms with E-state index in [9.17, 15) is 5.11 Å². The molecule has 0 saturated carbocycles. The van der Waals surface area contributed by atoms with Crippen LogP contribution in [0.15, 0.2) is 30.6 Å². The summed E-state index contributed by atoms with van der Waals surface area (Å²) in [5, 5.41) is 28.9. The highest BCUT2D eigenvalue weighted by molar-refractivity contribution is 6.60. The Morgan fingerprint density at radius 2 is 1.93 bits per heavy atom. The highest BCUT2D eigenvalue weighted by atomic mass is 16.4. The molecule has 3 N–H and O–H groups in total. The Kier molecular flexibility index (Phi) is 2.11. The zero-order valence-corrected chi connectivity index (χ0v) is 7.25. The van der Waals surface area contributed by atoms with Crippen LogP contribution < -0.4 is 5.46 Å². The summed E-state index contributed by atoms with van der Waals surface area (Å²) in [5.74, 6) is -0.111.